The summed E-state index contributed by atoms with van der Waals surface area (Å²) in [7, 11) is 0. The molecule has 0 heterocycles. The Labute approximate surface area is 199 Å². The number of carboxylic acid groups (broad SMARTS) is 1. The van der Waals surface area contributed by atoms with Crippen LogP contribution in [-0.2, 0) is 14.3 Å². The second kappa shape index (κ2) is 12.2. The number of nitrogens with one attached hydrogen (secondary N) is 2. The monoisotopic (exact) mass is 468 g/mol. The van der Waals surface area contributed by atoms with Crippen LogP contribution in [0.2, 0.25) is 0 Å². The molecule has 1 aliphatic rings. The number of benzene rings is 2. The lowest BCUT2D eigenvalue weighted by Gasteiger charge is -2.16. The van der Waals surface area contributed by atoms with Crippen molar-refractivity contribution in [2.24, 2.45) is 5.92 Å². The summed E-state index contributed by atoms with van der Waals surface area (Å²) >= 11 is 0. The third-order valence-corrected chi connectivity index (χ3v) is 6.17. The predicted molar refractivity (Wildman–Crippen MR) is 127 cm³/mol. The maximum atomic E-state index is 12.2. The van der Waals surface area contributed by atoms with Crippen molar-refractivity contribution in [2.75, 3.05) is 19.8 Å². The molecular formula is C26H32N2O6. The standard InChI is InChI=1S/C26H32N2O6/c1-17(10-11-24(30)28-23(13-15-29)25(31)32)12-14-27-26(33)34-16-22-20-8-4-2-6-18(20)19-7-3-5-9-21(19)22/h2-9,17,22-23,29H,10-16H2,1H3,(H,27,33)(H,28,30)(H,31,32)/t17?,23-/m0/s1. The summed E-state index contributed by atoms with van der Waals surface area (Å²) in [6, 6.07) is 15.2. The molecule has 2 aromatic rings. The van der Waals surface area contributed by atoms with Crippen molar-refractivity contribution in [3.05, 3.63) is 59.7 Å². The van der Waals surface area contributed by atoms with Gasteiger partial charge in [0.05, 0.1) is 0 Å². The molecule has 1 aliphatic carbocycles. The van der Waals surface area contributed by atoms with Crippen molar-refractivity contribution in [3.8, 4) is 11.1 Å². The van der Waals surface area contributed by atoms with Gasteiger partial charge in [0.2, 0.25) is 5.91 Å². The molecule has 0 aromatic heterocycles. The number of amides is 2. The van der Waals surface area contributed by atoms with Gasteiger partial charge in [-0.05, 0) is 41.0 Å². The van der Waals surface area contributed by atoms with Crippen LogP contribution in [0.5, 0.6) is 0 Å². The lowest BCUT2D eigenvalue weighted by Crippen LogP contribution is -2.41. The van der Waals surface area contributed by atoms with Crippen molar-refractivity contribution in [1.82, 2.24) is 10.6 Å². The Balaban J connectivity index is 1.37. The molecule has 8 heteroatoms. The molecule has 4 N–H and O–H groups in total. The van der Waals surface area contributed by atoms with Crippen LogP contribution in [0.4, 0.5) is 4.79 Å². The van der Waals surface area contributed by atoms with E-state index in [4.69, 9.17) is 14.9 Å². The third-order valence-electron chi connectivity index (χ3n) is 6.17. The van der Waals surface area contributed by atoms with Crippen LogP contribution < -0.4 is 10.6 Å². The van der Waals surface area contributed by atoms with E-state index in [1.807, 2.05) is 31.2 Å². The highest BCUT2D eigenvalue weighted by Crippen LogP contribution is 2.44. The van der Waals surface area contributed by atoms with Crippen LogP contribution in [0.25, 0.3) is 11.1 Å². The van der Waals surface area contributed by atoms with Crippen LogP contribution >= 0.6 is 0 Å². The minimum absolute atomic E-state index is 0.0102. The number of fused-ring (bicyclic) bond motifs is 3. The Kier molecular flexibility index (Phi) is 9.04. The maximum Gasteiger partial charge on any atom is 0.407 e. The van der Waals surface area contributed by atoms with Gasteiger partial charge in [-0.3, -0.25) is 4.79 Å². The highest BCUT2D eigenvalue weighted by atomic mass is 16.5. The predicted octanol–water partition coefficient (Wildman–Crippen LogP) is 3.28. The number of hydrogen-bond acceptors (Lipinski definition) is 5. The first-order valence-electron chi connectivity index (χ1n) is 11.6. The van der Waals surface area contributed by atoms with E-state index in [1.54, 1.807) is 0 Å². The van der Waals surface area contributed by atoms with Gasteiger partial charge in [0.25, 0.3) is 0 Å². The minimum Gasteiger partial charge on any atom is -0.480 e. The van der Waals surface area contributed by atoms with Gasteiger partial charge in [-0.15, -0.1) is 0 Å². The fourth-order valence-corrected chi connectivity index (χ4v) is 4.24. The van der Waals surface area contributed by atoms with Gasteiger partial charge in [0.1, 0.15) is 12.6 Å². The summed E-state index contributed by atoms with van der Waals surface area (Å²) in [6.45, 7) is 2.33. The molecule has 1 unspecified atom stereocenters. The second-order valence-corrected chi connectivity index (χ2v) is 8.66. The highest BCUT2D eigenvalue weighted by Gasteiger charge is 2.29. The zero-order chi connectivity index (χ0) is 24.5. The number of alkyl carbamates (subject to hydrolysis) is 1. The molecule has 0 radical (unpaired) electrons. The Morgan fingerprint density at radius 2 is 1.59 bits per heavy atom. The van der Waals surface area contributed by atoms with Gasteiger partial charge in [0.15, 0.2) is 0 Å². The quantitative estimate of drug-likeness (QED) is 0.379. The molecule has 2 amide bonds. The Morgan fingerprint density at radius 3 is 2.18 bits per heavy atom. The van der Waals surface area contributed by atoms with E-state index < -0.39 is 18.1 Å². The summed E-state index contributed by atoms with van der Waals surface area (Å²) in [6.07, 6.45) is 0.905. The summed E-state index contributed by atoms with van der Waals surface area (Å²) in [5.74, 6) is -1.36. The molecule has 0 bridgehead atoms. The van der Waals surface area contributed by atoms with Crippen LogP contribution in [0.1, 0.15) is 49.7 Å². The highest BCUT2D eigenvalue weighted by molar-refractivity contribution is 5.83. The molecule has 3 rings (SSSR count). The summed E-state index contributed by atoms with van der Waals surface area (Å²) in [4.78, 5) is 35.3. The normalized spacial score (nSPS) is 13.9. The van der Waals surface area contributed by atoms with E-state index in [0.717, 1.165) is 11.1 Å². The van der Waals surface area contributed by atoms with Gasteiger partial charge < -0.3 is 25.6 Å². The number of aliphatic hydroxyl groups excluding tert-OH is 1. The van der Waals surface area contributed by atoms with Gasteiger partial charge in [-0.2, -0.15) is 0 Å². The van der Waals surface area contributed by atoms with Gasteiger partial charge in [-0.1, -0.05) is 55.5 Å². The molecule has 0 spiro atoms. The van der Waals surface area contributed by atoms with Crippen LogP contribution in [0, 0.1) is 5.92 Å². The lowest BCUT2D eigenvalue weighted by molar-refractivity contribution is -0.142. The third kappa shape index (κ3) is 6.57. The van der Waals surface area contributed by atoms with E-state index in [-0.39, 0.29) is 43.8 Å². The zero-order valence-corrected chi connectivity index (χ0v) is 19.3. The SMILES string of the molecule is CC(CCNC(=O)OCC1c2ccccc2-c2ccccc21)CCC(=O)N[C@@H](CCO)C(=O)O. The average molecular weight is 469 g/mol. The molecular weight excluding hydrogens is 436 g/mol. The van der Waals surface area contributed by atoms with E-state index in [0.29, 0.717) is 19.4 Å². The van der Waals surface area contributed by atoms with E-state index >= 15 is 0 Å². The first kappa shape index (κ1) is 25.2. The number of hydrogen-bond donors (Lipinski definition) is 4. The summed E-state index contributed by atoms with van der Waals surface area (Å²) < 4.78 is 5.52. The molecule has 8 nitrogen and oxygen atoms in total. The van der Waals surface area contributed by atoms with E-state index in [1.165, 1.54) is 11.1 Å². The fraction of sp³-hybridized carbons (Fsp3) is 0.423. The Morgan fingerprint density at radius 1 is 0.971 bits per heavy atom. The lowest BCUT2D eigenvalue weighted by atomic mass is 9.98. The van der Waals surface area contributed by atoms with E-state index in [2.05, 4.69) is 34.9 Å². The number of ether oxygens (including phenoxy) is 1. The molecule has 0 saturated carbocycles. The van der Waals surface area contributed by atoms with Crippen LogP contribution in [0.15, 0.2) is 48.5 Å². The molecule has 2 atom stereocenters. The topological polar surface area (TPSA) is 125 Å². The number of carbonyl (C=O) groups is 3. The van der Waals surface area contributed by atoms with Gasteiger partial charge in [0, 0.05) is 31.9 Å². The number of rotatable bonds is 12. The van der Waals surface area contributed by atoms with Crippen LogP contribution in [-0.4, -0.2) is 54.0 Å². The average Bonchev–Trinajstić information content (AvgIpc) is 3.15. The minimum atomic E-state index is -1.16. The number of aliphatic hydroxyl groups is 1. The Hall–Kier alpha value is -3.39. The van der Waals surface area contributed by atoms with Gasteiger partial charge in [-0.25, -0.2) is 9.59 Å². The van der Waals surface area contributed by atoms with Crippen LogP contribution in [0.3, 0.4) is 0 Å². The van der Waals surface area contributed by atoms with Crippen molar-refractivity contribution in [1.29, 1.82) is 0 Å². The molecule has 182 valence electrons. The van der Waals surface area contributed by atoms with Crippen molar-refractivity contribution in [2.45, 2.75) is 44.6 Å². The largest absolute Gasteiger partial charge is 0.480 e. The molecule has 34 heavy (non-hydrogen) atoms. The van der Waals surface area contributed by atoms with Crippen molar-refractivity contribution >= 4 is 18.0 Å². The fourth-order valence-electron chi connectivity index (χ4n) is 4.24. The summed E-state index contributed by atoms with van der Waals surface area (Å²) in [5.41, 5.74) is 4.67. The molecule has 0 saturated heterocycles. The first-order valence-corrected chi connectivity index (χ1v) is 11.6. The second-order valence-electron chi connectivity index (χ2n) is 8.66. The Bertz CT molecular complexity index is 963. The number of carboxylic acids is 1. The molecule has 0 aliphatic heterocycles. The maximum absolute atomic E-state index is 12.2. The number of carbonyl (C=O) groups excluding carboxylic acids is 2. The first-order chi connectivity index (χ1) is 16.4. The smallest absolute Gasteiger partial charge is 0.407 e. The van der Waals surface area contributed by atoms with Crippen molar-refractivity contribution < 1.29 is 29.3 Å². The van der Waals surface area contributed by atoms with Gasteiger partial charge >= 0.3 is 12.1 Å². The van der Waals surface area contributed by atoms with Crippen molar-refractivity contribution in [3.63, 3.8) is 0 Å². The summed E-state index contributed by atoms with van der Waals surface area (Å²) in [5, 5.41) is 23.1. The zero-order valence-electron chi connectivity index (χ0n) is 19.3. The molecule has 0 fully saturated rings. The molecule has 2 aromatic carbocycles. The van der Waals surface area contributed by atoms with E-state index in [9.17, 15) is 14.4 Å². The number of aliphatic carboxylic acids is 1.